The highest BCUT2D eigenvalue weighted by atomic mass is 32.1. The minimum absolute atomic E-state index is 0.362. The average molecular weight is 309 g/mol. The summed E-state index contributed by atoms with van der Waals surface area (Å²) in [5, 5.41) is 0. The molecule has 1 aliphatic rings. The summed E-state index contributed by atoms with van der Waals surface area (Å²) in [6.07, 6.45) is 3.07. The van der Waals surface area contributed by atoms with E-state index in [1.807, 2.05) is 24.3 Å². The van der Waals surface area contributed by atoms with Crippen molar-refractivity contribution >= 4 is 17.2 Å². The van der Waals surface area contributed by atoms with Crippen LogP contribution in [0.5, 0.6) is 5.75 Å². The van der Waals surface area contributed by atoms with Crippen LogP contribution >= 0.6 is 12.2 Å². The van der Waals surface area contributed by atoms with Crippen LogP contribution in [0.15, 0.2) is 24.3 Å². The van der Waals surface area contributed by atoms with Gasteiger partial charge in [0.1, 0.15) is 10.7 Å². The summed E-state index contributed by atoms with van der Waals surface area (Å²) in [5.41, 5.74) is 6.45. The van der Waals surface area contributed by atoms with Gasteiger partial charge in [-0.3, -0.25) is 0 Å². The maximum atomic E-state index is 5.72. The van der Waals surface area contributed by atoms with Crippen molar-refractivity contribution in [3.63, 3.8) is 0 Å². The van der Waals surface area contributed by atoms with Crippen molar-refractivity contribution < 1.29 is 14.2 Å². The Morgan fingerprint density at radius 3 is 2.76 bits per heavy atom. The van der Waals surface area contributed by atoms with Gasteiger partial charge in [0.05, 0.1) is 12.2 Å². The van der Waals surface area contributed by atoms with Gasteiger partial charge in [-0.1, -0.05) is 24.4 Å². The fourth-order valence-electron chi connectivity index (χ4n) is 2.30. The van der Waals surface area contributed by atoms with Crippen LogP contribution in [0, 0.1) is 5.92 Å². The Labute approximate surface area is 131 Å². The quantitative estimate of drug-likeness (QED) is 0.591. The first-order valence-corrected chi connectivity index (χ1v) is 7.85. The molecule has 0 unspecified atom stereocenters. The maximum Gasteiger partial charge on any atom is 0.129 e. The lowest BCUT2D eigenvalue weighted by Crippen LogP contribution is -2.20. The molecule has 21 heavy (non-hydrogen) atoms. The van der Waals surface area contributed by atoms with Crippen molar-refractivity contribution in [2.24, 2.45) is 11.7 Å². The molecular formula is C16H23NO3S. The van der Waals surface area contributed by atoms with E-state index in [2.05, 4.69) is 0 Å². The molecule has 1 aromatic rings. The molecule has 0 spiro atoms. The molecule has 0 amide bonds. The van der Waals surface area contributed by atoms with Crippen molar-refractivity contribution in [3.8, 4) is 5.75 Å². The van der Waals surface area contributed by atoms with E-state index in [0.717, 1.165) is 50.4 Å². The Morgan fingerprint density at radius 1 is 1.24 bits per heavy atom. The van der Waals surface area contributed by atoms with Crippen molar-refractivity contribution in [3.05, 3.63) is 29.8 Å². The smallest absolute Gasteiger partial charge is 0.129 e. The van der Waals surface area contributed by atoms with E-state index in [9.17, 15) is 0 Å². The van der Waals surface area contributed by atoms with E-state index >= 15 is 0 Å². The first-order valence-electron chi connectivity index (χ1n) is 7.44. The summed E-state index contributed by atoms with van der Waals surface area (Å²) >= 11 is 5.01. The lowest BCUT2D eigenvalue weighted by atomic mass is 10.0. The molecule has 0 saturated carbocycles. The van der Waals surface area contributed by atoms with Crippen LogP contribution in [-0.2, 0) is 9.47 Å². The SMILES string of the molecule is NC(=S)c1ccccc1OCCCOCC1CCOCC1. The topological polar surface area (TPSA) is 53.7 Å². The Balaban J connectivity index is 1.60. The van der Waals surface area contributed by atoms with Gasteiger partial charge in [-0.2, -0.15) is 0 Å². The second-order valence-corrected chi connectivity index (χ2v) is 5.63. The molecule has 116 valence electrons. The van der Waals surface area contributed by atoms with Crippen LogP contribution in [0.4, 0.5) is 0 Å². The van der Waals surface area contributed by atoms with Crippen LogP contribution in [-0.4, -0.2) is 38.0 Å². The molecule has 0 aliphatic carbocycles. The molecule has 0 aromatic heterocycles. The molecule has 1 fully saturated rings. The first kappa shape index (κ1) is 16.2. The predicted molar refractivity (Wildman–Crippen MR) is 86.8 cm³/mol. The third-order valence-corrected chi connectivity index (χ3v) is 3.76. The van der Waals surface area contributed by atoms with Gasteiger partial charge in [-0.05, 0) is 30.9 Å². The van der Waals surface area contributed by atoms with Crippen molar-refractivity contribution in [1.82, 2.24) is 0 Å². The summed E-state index contributed by atoms with van der Waals surface area (Å²) in [5.74, 6) is 1.39. The average Bonchev–Trinajstić information content (AvgIpc) is 2.52. The van der Waals surface area contributed by atoms with E-state index in [0.29, 0.717) is 24.1 Å². The highest BCUT2D eigenvalue weighted by Crippen LogP contribution is 2.18. The number of benzene rings is 1. The Bertz CT molecular complexity index is 447. The molecular weight excluding hydrogens is 286 g/mol. The minimum Gasteiger partial charge on any atom is -0.493 e. The van der Waals surface area contributed by atoms with Crippen LogP contribution < -0.4 is 10.5 Å². The van der Waals surface area contributed by atoms with Gasteiger partial charge in [0.2, 0.25) is 0 Å². The van der Waals surface area contributed by atoms with Crippen LogP contribution in [0.2, 0.25) is 0 Å². The van der Waals surface area contributed by atoms with Gasteiger partial charge < -0.3 is 19.9 Å². The Kier molecular flexibility index (Phi) is 6.92. The number of hydrogen-bond donors (Lipinski definition) is 1. The molecule has 0 bridgehead atoms. The van der Waals surface area contributed by atoms with Gasteiger partial charge in [0.15, 0.2) is 0 Å². The monoisotopic (exact) mass is 309 g/mol. The highest BCUT2D eigenvalue weighted by molar-refractivity contribution is 7.80. The molecule has 2 rings (SSSR count). The molecule has 5 heteroatoms. The molecule has 1 heterocycles. The number of nitrogens with two attached hydrogens (primary N) is 1. The second-order valence-electron chi connectivity index (χ2n) is 5.19. The van der Waals surface area contributed by atoms with Crippen molar-refractivity contribution in [1.29, 1.82) is 0 Å². The fourth-order valence-corrected chi connectivity index (χ4v) is 2.47. The van der Waals surface area contributed by atoms with E-state index in [1.54, 1.807) is 0 Å². The number of rotatable bonds is 8. The van der Waals surface area contributed by atoms with Gasteiger partial charge in [-0.25, -0.2) is 0 Å². The number of thiocarbonyl (C=S) groups is 1. The molecule has 0 radical (unpaired) electrons. The summed E-state index contributed by atoms with van der Waals surface area (Å²) in [6.45, 7) is 3.88. The lowest BCUT2D eigenvalue weighted by Gasteiger charge is -2.21. The summed E-state index contributed by atoms with van der Waals surface area (Å²) in [6, 6.07) is 7.58. The third kappa shape index (κ3) is 5.61. The maximum absolute atomic E-state index is 5.72. The van der Waals surface area contributed by atoms with Gasteiger partial charge in [0.25, 0.3) is 0 Å². The summed E-state index contributed by atoms with van der Waals surface area (Å²) in [4.78, 5) is 0.362. The summed E-state index contributed by atoms with van der Waals surface area (Å²) < 4.78 is 16.8. The molecule has 1 aromatic carbocycles. The van der Waals surface area contributed by atoms with Gasteiger partial charge in [0, 0.05) is 32.8 Å². The highest BCUT2D eigenvalue weighted by Gasteiger charge is 2.13. The van der Waals surface area contributed by atoms with Crippen LogP contribution in [0.1, 0.15) is 24.8 Å². The Morgan fingerprint density at radius 2 is 2.00 bits per heavy atom. The van der Waals surface area contributed by atoms with Gasteiger partial charge in [-0.15, -0.1) is 0 Å². The molecule has 1 aliphatic heterocycles. The van der Waals surface area contributed by atoms with Crippen LogP contribution in [0.3, 0.4) is 0 Å². The second kappa shape index (κ2) is 8.97. The molecule has 2 N–H and O–H groups in total. The number of hydrogen-bond acceptors (Lipinski definition) is 4. The molecule has 1 saturated heterocycles. The molecule has 0 atom stereocenters. The first-order chi connectivity index (χ1) is 10.3. The van der Waals surface area contributed by atoms with Crippen molar-refractivity contribution in [2.75, 3.05) is 33.0 Å². The van der Waals surface area contributed by atoms with E-state index in [1.165, 1.54) is 0 Å². The fraction of sp³-hybridized carbons (Fsp3) is 0.562. The zero-order chi connectivity index (χ0) is 14.9. The number of para-hydroxylation sites is 1. The zero-order valence-corrected chi connectivity index (χ0v) is 13.1. The van der Waals surface area contributed by atoms with Gasteiger partial charge >= 0.3 is 0 Å². The largest absolute Gasteiger partial charge is 0.493 e. The normalized spacial score (nSPS) is 15.8. The summed E-state index contributed by atoms with van der Waals surface area (Å²) in [7, 11) is 0. The molecule has 4 nitrogen and oxygen atoms in total. The van der Waals surface area contributed by atoms with E-state index < -0.39 is 0 Å². The lowest BCUT2D eigenvalue weighted by molar-refractivity contribution is 0.0183. The number of ether oxygens (including phenoxy) is 3. The van der Waals surface area contributed by atoms with Crippen LogP contribution in [0.25, 0.3) is 0 Å². The van der Waals surface area contributed by atoms with E-state index in [4.69, 9.17) is 32.2 Å². The Hall–Kier alpha value is -1.17. The third-order valence-electron chi connectivity index (χ3n) is 3.54. The minimum atomic E-state index is 0.362. The standard InChI is InChI=1S/C16H23NO3S/c17-16(21)14-4-1-2-5-15(14)20-9-3-8-19-12-13-6-10-18-11-7-13/h1-2,4-5,13H,3,6-12H2,(H2,17,21). The van der Waals surface area contributed by atoms with Crippen molar-refractivity contribution in [2.45, 2.75) is 19.3 Å². The van der Waals surface area contributed by atoms with E-state index in [-0.39, 0.29) is 0 Å². The predicted octanol–water partition coefficient (Wildman–Crippen LogP) is 2.53. The zero-order valence-electron chi connectivity index (χ0n) is 12.3.